The molecule has 0 heteroatoms. The second-order valence-corrected chi connectivity index (χ2v) is 4.99. The lowest BCUT2D eigenvalue weighted by Crippen LogP contribution is -1.85. The second kappa shape index (κ2) is 24.9. The Morgan fingerprint density at radius 3 is 1.27 bits per heavy atom. The summed E-state index contributed by atoms with van der Waals surface area (Å²) in [5, 5.41) is 0. The van der Waals surface area contributed by atoms with Crippen LogP contribution in [0.1, 0.15) is 92.2 Å². The van der Waals surface area contributed by atoms with Gasteiger partial charge in [-0.05, 0) is 24.3 Å². The molecular weight excluding hydrogens is 264 g/mol. The maximum Gasteiger partial charge on any atom is -0.0219 e. The largest absolute Gasteiger partial charge is 0.106 e. The van der Waals surface area contributed by atoms with Crippen LogP contribution in [0.4, 0.5) is 0 Å². The van der Waals surface area contributed by atoms with Crippen LogP contribution >= 0.6 is 0 Å². The van der Waals surface area contributed by atoms with Gasteiger partial charge in [-0.2, -0.15) is 0 Å². The molecule has 0 nitrogen and oxygen atoms in total. The number of rotatable bonds is 3. The smallest absolute Gasteiger partial charge is 0.0219 e. The minimum atomic E-state index is 0.653. The van der Waals surface area contributed by atoms with Gasteiger partial charge in [0, 0.05) is 0 Å². The first-order valence-corrected chi connectivity index (χ1v) is 9.07. The van der Waals surface area contributed by atoms with Crippen LogP contribution in [-0.4, -0.2) is 0 Å². The van der Waals surface area contributed by atoms with Crippen LogP contribution in [0.2, 0.25) is 0 Å². The Bertz CT molecular complexity index is 265. The van der Waals surface area contributed by atoms with Crippen LogP contribution in [0.5, 0.6) is 0 Å². The molecule has 0 fully saturated rings. The van der Waals surface area contributed by atoms with Gasteiger partial charge in [-0.25, -0.2) is 0 Å². The van der Waals surface area contributed by atoms with Crippen LogP contribution in [0.15, 0.2) is 37.4 Å². The van der Waals surface area contributed by atoms with Crippen LogP contribution in [0, 0.1) is 12.8 Å². The molecule has 1 rings (SSSR count). The van der Waals surface area contributed by atoms with Gasteiger partial charge in [-0.15, -0.1) is 13.2 Å². The Morgan fingerprint density at radius 2 is 1.09 bits per heavy atom. The number of hydrogen-bond acceptors (Lipinski definition) is 0. The molecule has 0 aromatic heterocycles. The Balaban J connectivity index is -0.000000117. The van der Waals surface area contributed by atoms with Crippen LogP contribution in [-0.2, 0) is 0 Å². The molecule has 1 aromatic rings. The SMILES string of the molecule is C=C.CC.CC.CCC(C)CC.Cc1ccc(C(C)C)cc1. The van der Waals surface area contributed by atoms with Crippen molar-refractivity contribution in [3.05, 3.63) is 48.6 Å². The lowest BCUT2D eigenvalue weighted by atomic mass is 10.0. The highest BCUT2D eigenvalue weighted by Crippen LogP contribution is 2.13. The number of benzene rings is 1. The van der Waals surface area contributed by atoms with E-state index >= 15 is 0 Å². The molecule has 0 aliphatic carbocycles. The molecule has 0 radical (unpaired) electrons. The summed E-state index contributed by atoms with van der Waals surface area (Å²) in [5.74, 6) is 1.59. The fraction of sp³-hybridized carbons (Fsp3) is 0.636. The minimum absolute atomic E-state index is 0.653. The molecule has 0 saturated carbocycles. The zero-order chi connectivity index (χ0) is 18.6. The summed E-state index contributed by atoms with van der Waals surface area (Å²) >= 11 is 0. The summed E-state index contributed by atoms with van der Waals surface area (Å²) in [6, 6.07) is 8.71. The molecule has 1 aromatic carbocycles. The second-order valence-electron chi connectivity index (χ2n) is 4.99. The van der Waals surface area contributed by atoms with E-state index < -0.39 is 0 Å². The first-order valence-electron chi connectivity index (χ1n) is 9.07. The summed E-state index contributed by atoms with van der Waals surface area (Å²) in [4.78, 5) is 0. The monoisotopic (exact) mass is 308 g/mol. The lowest BCUT2D eigenvalue weighted by molar-refractivity contribution is 0.544. The average Bonchev–Trinajstić information content (AvgIpc) is 2.60. The number of aryl methyl sites for hydroxylation is 1. The van der Waals surface area contributed by atoms with Crippen LogP contribution in [0.25, 0.3) is 0 Å². The van der Waals surface area contributed by atoms with E-state index in [4.69, 9.17) is 0 Å². The summed E-state index contributed by atoms with van der Waals surface area (Å²) in [6.45, 7) is 27.3. The van der Waals surface area contributed by atoms with Crippen molar-refractivity contribution in [3.8, 4) is 0 Å². The third-order valence-corrected chi connectivity index (χ3v) is 3.14. The van der Waals surface area contributed by atoms with Crippen molar-refractivity contribution < 1.29 is 0 Å². The normalized spacial score (nSPS) is 8.18. The van der Waals surface area contributed by atoms with Gasteiger partial charge in [-0.1, -0.05) is 105 Å². The standard InChI is InChI=1S/C10H14.C6H14.2C2H6.C2H4/c1-8(2)10-6-4-9(3)5-7-10;1-4-6(3)5-2;3*1-2/h4-8H,1-3H3;6H,4-5H2,1-3H3;2*1-2H3;1-2H2. The zero-order valence-corrected chi connectivity index (χ0v) is 17.3. The van der Waals surface area contributed by atoms with Gasteiger partial charge < -0.3 is 0 Å². The van der Waals surface area contributed by atoms with Gasteiger partial charge in [-0.3, -0.25) is 0 Å². The van der Waals surface area contributed by atoms with Gasteiger partial charge in [0.25, 0.3) is 0 Å². The Morgan fingerprint density at radius 1 is 0.773 bits per heavy atom. The van der Waals surface area contributed by atoms with Gasteiger partial charge >= 0.3 is 0 Å². The highest BCUT2D eigenvalue weighted by atomic mass is 14.0. The molecule has 0 aliphatic heterocycles. The lowest BCUT2D eigenvalue weighted by Gasteiger charge is -2.03. The van der Waals surface area contributed by atoms with Crippen molar-refractivity contribution in [1.29, 1.82) is 0 Å². The molecular formula is C22H44. The minimum Gasteiger partial charge on any atom is -0.106 e. The molecule has 0 spiro atoms. The highest BCUT2D eigenvalue weighted by Gasteiger charge is 1.95. The average molecular weight is 309 g/mol. The van der Waals surface area contributed by atoms with Gasteiger partial charge in [0.15, 0.2) is 0 Å². The predicted molar refractivity (Wildman–Crippen MR) is 109 cm³/mol. The third kappa shape index (κ3) is 21.3. The molecule has 0 unspecified atom stereocenters. The van der Waals surface area contributed by atoms with Crippen molar-refractivity contribution in [2.45, 2.75) is 88.0 Å². The Kier molecular flexibility index (Phi) is 32.9. The van der Waals surface area contributed by atoms with Crippen molar-refractivity contribution in [2.75, 3.05) is 0 Å². The third-order valence-electron chi connectivity index (χ3n) is 3.14. The summed E-state index contributed by atoms with van der Waals surface area (Å²) in [7, 11) is 0. The molecule has 0 saturated heterocycles. The molecule has 0 amide bonds. The maximum absolute atomic E-state index is 3.00. The first kappa shape index (κ1) is 29.0. The van der Waals surface area contributed by atoms with Crippen molar-refractivity contribution in [2.24, 2.45) is 5.92 Å². The van der Waals surface area contributed by atoms with E-state index in [9.17, 15) is 0 Å². The van der Waals surface area contributed by atoms with Gasteiger partial charge in [0.2, 0.25) is 0 Å². The molecule has 0 aliphatic rings. The van der Waals surface area contributed by atoms with E-state index in [1.165, 1.54) is 24.0 Å². The quantitative estimate of drug-likeness (QED) is 0.491. The summed E-state index contributed by atoms with van der Waals surface area (Å²) in [6.07, 6.45) is 2.66. The van der Waals surface area contributed by atoms with Crippen LogP contribution in [0.3, 0.4) is 0 Å². The Labute approximate surface area is 143 Å². The maximum atomic E-state index is 3.00. The van der Waals surface area contributed by atoms with Crippen molar-refractivity contribution >= 4 is 0 Å². The van der Waals surface area contributed by atoms with Crippen molar-refractivity contribution in [1.82, 2.24) is 0 Å². The summed E-state index contributed by atoms with van der Waals surface area (Å²) in [5.41, 5.74) is 2.76. The fourth-order valence-corrected chi connectivity index (χ4v) is 1.24. The van der Waals surface area contributed by atoms with E-state index in [-0.39, 0.29) is 0 Å². The highest BCUT2D eigenvalue weighted by molar-refractivity contribution is 5.23. The van der Waals surface area contributed by atoms with E-state index in [0.29, 0.717) is 5.92 Å². The molecule has 0 atom stereocenters. The van der Waals surface area contributed by atoms with Crippen LogP contribution < -0.4 is 0 Å². The molecule has 0 N–H and O–H groups in total. The van der Waals surface area contributed by atoms with E-state index in [1.807, 2.05) is 27.7 Å². The van der Waals surface area contributed by atoms with Gasteiger partial charge in [0.05, 0.1) is 0 Å². The zero-order valence-electron chi connectivity index (χ0n) is 17.3. The molecule has 0 bridgehead atoms. The first-order chi connectivity index (χ1) is 10.5. The molecule has 0 heterocycles. The molecule has 132 valence electrons. The number of hydrogen-bond donors (Lipinski definition) is 0. The predicted octanol–water partition coefficient (Wildman–Crippen LogP) is 8.42. The van der Waals surface area contributed by atoms with Gasteiger partial charge in [0.1, 0.15) is 0 Å². The van der Waals surface area contributed by atoms with Crippen molar-refractivity contribution in [3.63, 3.8) is 0 Å². The summed E-state index contributed by atoms with van der Waals surface area (Å²) < 4.78 is 0. The van der Waals surface area contributed by atoms with E-state index in [0.717, 1.165) is 5.92 Å². The molecule has 22 heavy (non-hydrogen) atoms. The van der Waals surface area contributed by atoms with E-state index in [1.54, 1.807) is 0 Å². The Hall–Kier alpha value is -1.04. The van der Waals surface area contributed by atoms with E-state index in [2.05, 4.69) is 79.0 Å². The fourth-order valence-electron chi connectivity index (χ4n) is 1.24. The topological polar surface area (TPSA) is 0 Å².